The van der Waals surface area contributed by atoms with Gasteiger partial charge in [0.15, 0.2) is 9.84 Å². The van der Waals surface area contributed by atoms with Gasteiger partial charge in [-0.25, -0.2) is 8.42 Å². The highest BCUT2D eigenvalue weighted by Crippen LogP contribution is 2.21. The van der Waals surface area contributed by atoms with E-state index in [0.717, 1.165) is 5.56 Å². The molecular formula is C16H23NO4S. The summed E-state index contributed by atoms with van der Waals surface area (Å²) in [4.78, 5) is 13.8. The van der Waals surface area contributed by atoms with Gasteiger partial charge in [0.1, 0.15) is 5.75 Å². The molecule has 1 aromatic carbocycles. The van der Waals surface area contributed by atoms with Gasteiger partial charge >= 0.3 is 0 Å². The molecule has 1 heterocycles. The summed E-state index contributed by atoms with van der Waals surface area (Å²) in [5.41, 5.74) is 0.873. The Morgan fingerprint density at radius 1 is 1.36 bits per heavy atom. The molecule has 0 saturated carbocycles. The number of nitrogens with zero attached hydrogens (tertiary/aromatic N) is 1. The number of hydrogen-bond acceptors (Lipinski definition) is 4. The van der Waals surface area contributed by atoms with Crippen molar-refractivity contribution in [3.8, 4) is 5.75 Å². The van der Waals surface area contributed by atoms with E-state index in [2.05, 4.69) is 0 Å². The second kappa shape index (κ2) is 6.69. The maximum atomic E-state index is 12.2. The lowest BCUT2D eigenvalue weighted by Crippen LogP contribution is -2.58. The lowest BCUT2D eigenvalue weighted by atomic mass is 10.1. The second-order valence-electron chi connectivity index (χ2n) is 6.17. The first-order chi connectivity index (χ1) is 10.3. The van der Waals surface area contributed by atoms with Crippen molar-refractivity contribution in [1.29, 1.82) is 0 Å². The number of rotatable bonds is 6. The predicted octanol–water partition coefficient (Wildman–Crippen LogP) is 1.52. The van der Waals surface area contributed by atoms with Crippen LogP contribution in [0.3, 0.4) is 0 Å². The molecule has 0 bridgehead atoms. The van der Waals surface area contributed by atoms with E-state index in [1.54, 1.807) is 12.0 Å². The topological polar surface area (TPSA) is 63.7 Å². The summed E-state index contributed by atoms with van der Waals surface area (Å²) in [6, 6.07) is 7.36. The van der Waals surface area contributed by atoms with Gasteiger partial charge in [-0.15, -0.1) is 0 Å². The number of amides is 1. The van der Waals surface area contributed by atoms with Crippen molar-refractivity contribution < 1.29 is 17.9 Å². The second-order valence-corrected chi connectivity index (χ2v) is 8.50. The Bertz CT molecular complexity index is 633. The van der Waals surface area contributed by atoms with E-state index in [4.69, 9.17) is 4.74 Å². The van der Waals surface area contributed by atoms with Crippen LogP contribution in [0.15, 0.2) is 24.3 Å². The standard InChI is InChI=1S/C16H23NO4S/c1-12(2)11-22(19,20)15-9-17(10-15)16(18)8-13-5-4-6-14(7-13)21-3/h4-7,12,15H,8-11H2,1-3H3. The molecule has 1 aliphatic rings. The van der Waals surface area contributed by atoms with Crippen LogP contribution < -0.4 is 4.74 Å². The lowest BCUT2D eigenvalue weighted by molar-refractivity contribution is -0.133. The van der Waals surface area contributed by atoms with Gasteiger partial charge in [-0.1, -0.05) is 26.0 Å². The summed E-state index contributed by atoms with van der Waals surface area (Å²) >= 11 is 0. The van der Waals surface area contributed by atoms with Crippen LogP contribution in [0.5, 0.6) is 5.75 Å². The monoisotopic (exact) mass is 325 g/mol. The van der Waals surface area contributed by atoms with E-state index >= 15 is 0 Å². The summed E-state index contributed by atoms with van der Waals surface area (Å²) in [6.45, 7) is 4.42. The van der Waals surface area contributed by atoms with Gasteiger partial charge in [0.2, 0.25) is 5.91 Å². The Morgan fingerprint density at radius 2 is 2.05 bits per heavy atom. The molecule has 1 amide bonds. The first-order valence-electron chi connectivity index (χ1n) is 7.44. The minimum Gasteiger partial charge on any atom is -0.497 e. The molecule has 1 saturated heterocycles. The highest BCUT2D eigenvalue weighted by Gasteiger charge is 2.39. The zero-order valence-electron chi connectivity index (χ0n) is 13.3. The third-order valence-corrected chi connectivity index (χ3v) is 6.21. The minimum absolute atomic E-state index is 0.0377. The normalized spacial score (nSPS) is 15.7. The van der Waals surface area contributed by atoms with Crippen LogP contribution in [-0.2, 0) is 21.1 Å². The Balaban J connectivity index is 1.89. The number of ether oxygens (including phenoxy) is 1. The molecule has 0 atom stereocenters. The molecule has 122 valence electrons. The SMILES string of the molecule is COc1cccc(CC(=O)N2CC(S(=O)(=O)CC(C)C)C2)c1. The molecule has 0 unspecified atom stereocenters. The van der Waals surface area contributed by atoms with Gasteiger partial charge in [-0.2, -0.15) is 0 Å². The van der Waals surface area contributed by atoms with E-state index < -0.39 is 15.1 Å². The fraction of sp³-hybridized carbons (Fsp3) is 0.562. The number of hydrogen-bond donors (Lipinski definition) is 0. The fourth-order valence-electron chi connectivity index (χ4n) is 2.54. The van der Waals surface area contributed by atoms with Crippen molar-refractivity contribution in [3.63, 3.8) is 0 Å². The molecule has 1 fully saturated rings. The van der Waals surface area contributed by atoms with Crippen molar-refractivity contribution in [1.82, 2.24) is 4.90 Å². The van der Waals surface area contributed by atoms with Crippen LogP contribution >= 0.6 is 0 Å². The highest BCUT2D eigenvalue weighted by molar-refractivity contribution is 7.92. The Hall–Kier alpha value is -1.56. The molecule has 0 aliphatic carbocycles. The zero-order chi connectivity index (χ0) is 16.3. The number of benzene rings is 1. The van der Waals surface area contributed by atoms with Crippen LogP contribution in [0.25, 0.3) is 0 Å². The van der Waals surface area contributed by atoms with Crippen LogP contribution in [0.2, 0.25) is 0 Å². The molecule has 0 aromatic heterocycles. The van der Waals surface area contributed by atoms with Crippen molar-refractivity contribution >= 4 is 15.7 Å². The first kappa shape index (κ1) is 16.8. The fourth-order valence-corrected chi connectivity index (χ4v) is 4.55. The Kier molecular flexibility index (Phi) is 5.11. The van der Waals surface area contributed by atoms with E-state index in [-0.39, 0.29) is 24.0 Å². The maximum absolute atomic E-state index is 12.2. The molecule has 6 heteroatoms. The maximum Gasteiger partial charge on any atom is 0.227 e. The van der Waals surface area contributed by atoms with E-state index in [9.17, 15) is 13.2 Å². The smallest absolute Gasteiger partial charge is 0.227 e. The Morgan fingerprint density at radius 3 is 2.64 bits per heavy atom. The van der Waals surface area contributed by atoms with Crippen molar-refractivity contribution in [2.24, 2.45) is 5.92 Å². The van der Waals surface area contributed by atoms with Crippen molar-refractivity contribution in [2.45, 2.75) is 25.5 Å². The average Bonchev–Trinajstić information content (AvgIpc) is 2.34. The van der Waals surface area contributed by atoms with Gasteiger partial charge in [0.05, 0.1) is 24.5 Å². The van der Waals surface area contributed by atoms with Crippen LogP contribution in [-0.4, -0.2) is 50.4 Å². The zero-order valence-corrected chi connectivity index (χ0v) is 14.1. The number of likely N-dealkylation sites (tertiary alicyclic amines) is 1. The largest absolute Gasteiger partial charge is 0.497 e. The summed E-state index contributed by atoms with van der Waals surface area (Å²) in [7, 11) is -1.50. The van der Waals surface area contributed by atoms with E-state index in [1.807, 2.05) is 38.1 Å². The van der Waals surface area contributed by atoms with Gasteiger partial charge in [0, 0.05) is 13.1 Å². The number of sulfone groups is 1. The van der Waals surface area contributed by atoms with Crippen molar-refractivity contribution in [3.05, 3.63) is 29.8 Å². The minimum atomic E-state index is -3.09. The first-order valence-corrected chi connectivity index (χ1v) is 9.15. The Labute approximate surface area is 132 Å². The molecule has 0 N–H and O–H groups in total. The molecule has 5 nitrogen and oxygen atoms in total. The van der Waals surface area contributed by atoms with Gasteiger partial charge < -0.3 is 9.64 Å². The highest BCUT2D eigenvalue weighted by atomic mass is 32.2. The van der Waals surface area contributed by atoms with Crippen molar-refractivity contribution in [2.75, 3.05) is 26.0 Å². The number of methoxy groups -OCH3 is 1. The summed E-state index contributed by atoms with van der Waals surface area (Å²) in [5.74, 6) is 0.984. The summed E-state index contributed by atoms with van der Waals surface area (Å²) in [6.07, 6.45) is 0.272. The quantitative estimate of drug-likeness (QED) is 0.795. The average molecular weight is 325 g/mol. The number of carbonyl (C=O) groups is 1. The number of carbonyl (C=O) groups excluding carboxylic acids is 1. The van der Waals surface area contributed by atoms with Gasteiger partial charge in [-0.3, -0.25) is 4.79 Å². The summed E-state index contributed by atoms with van der Waals surface area (Å²) in [5, 5.41) is -0.399. The van der Waals surface area contributed by atoms with Crippen LogP contribution in [0.4, 0.5) is 0 Å². The molecule has 1 aromatic rings. The molecule has 0 spiro atoms. The van der Waals surface area contributed by atoms with E-state index in [1.165, 1.54) is 0 Å². The molecular weight excluding hydrogens is 302 g/mol. The predicted molar refractivity (Wildman–Crippen MR) is 85.7 cm³/mol. The third kappa shape index (κ3) is 4.00. The lowest BCUT2D eigenvalue weighted by Gasteiger charge is -2.39. The van der Waals surface area contributed by atoms with Crippen LogP contribution in [0.1, 0.15) is 19.4 Å². The van der Waals surface area contributed by atoms with Gasteiger partial charge in [0.25, 0.3) is 0 Å². The molecule has 22 heavy (non-hydrogen) atoms. The van der Waals surface area contributed by atoms with E-state index in [0.29, 0.717) is 18.8 Å². The van der Waals surface area contributed by atoms with Gasteiger partial charge in [-0.05, 0) is 23.6 Å². The van der Waals surface area contributed by atoms with Crippen LogP contribution in [0, 0.1) is 5.92 Å². The summed E-state index contributed by atoms with van der Waals surface area (Å²) < 4.78 is 29.3. The molecule has 0 radical (unpaired) electrons. The molecule has 2 rings (SSSR count). The molecule has 1 aliphatic heterocycles. The third-order valence-electron chi connectivity index (χ3n) is 3.76.